The van der Waals surface area contributed by atoms with Crippen molar-refractivity contribution in [3.05, 3.63) is 102 Å². The van der Waals surface area contributed by atoms with Crippen LogP contribution in [0.3, 0.4) is 0 Å². The van der Waals surface area contributed by atoms with E-state index in [2.05, 4.69) is 0 Å². The maximum atomic E-state index is 13.6. The number of nitrogens with zero attached hydrogens (tertiary/aromatic N) is 1. The summed E-state index contributed by atoms with van der Waals surface area (Å²) in [5.74, 6) is -1.15. The Balaban J connectivity index is 1.73. The average Bonchev–Trinajstić information content (AvgIpc) is 3.40. The van der Waals surface area contributed by atoms with Crippen LogP contribution in [0.1, 0.15) is 39.2 Å². The summed E-state index contributed by atoms with van der Waals surface area (Å²) in [4.78, 5) is 28.2. The van der Waals surface area contributed by atoms with Gasteiger partial charge in [-0.25, -0.2) is 0 Å². The van der Waals surface area contributed by atoms with Crippen molar-refractivity contribution in [2.24, 2.45) is 11.7 Å². The minimum Gasteiger partial charge on any atom is -0.461 e. The van der Waals surface area contributed by atoms with E-state index in [9.17, 15) is 9.59 Å². The molecule has 5 heteroatoms. The number of primary amides is 1. The Morgan fingerprint density at radius 2 is 1.69 bits per heavy atom. The van der Waals surface area contributed by atoms with Crippen LogP contribution in [0.15, 0.2) is 83.6 Å². The van der Waals surface area contributed by atoms with Crippen LogP contribution in [0.5, 0.6) is 0 Å². The average molecular weight is 384 g/mol. The molecule has 2 aliphatic heterocycles. The van der Waals surface area contributed by atoms with E-state index in [0.717, 1.165) is 16.7 Å². The van der Waals surface area contributed by atoms with E-state index in [4.69, 9.17) is 10.2 Å². The zero-order valence-corrected chi connectivity index (χ0v) is 15.6. The van der Waals surface area contributed by atoms with Crippen LogP contribution in [0.4, 0.5) is 0 Å². The number of hydrogen-bond donors (Lipinski definition) is 1. The fraction of sp³-hybridized carbons (Fsp3) is 0.167. The zero-order valence-electron chi connectivity index (χ0n) is 15.6. The number of hydrogen-bond acceptors (Lipinski definition) is 4. The van der Waals surface area contributed by atoms with Gasteiger partial charge in [0.15, 0.2) is 5.76 Å². The lowest BCUT2D eigenvalue weighted by molar-refractivity contribution is -0.122. The number of furan rings is 1. The Labute approximate surface area is 168 Å². The maximum Gasteiger partial charge on any atom is 0.240 e. The van der Waals surface area contributed by atoms with E-state index in [1.54, 1.807) is 12.1 Å². The summed E-state index contributed by atoms with van der Waals surface area (Å²) in [6.07, 6.45) is 5.37. The van der Waals surface area contributed by atoms with Gasteiger partial charge in [-0.2, -0.15) is 0 Å². The monoisotopic (exact) mass is 384 g/mol. The van der Waals surface area contributed by atoms with Gasteiger partial charge in [-0.15, -0.1) is 0 Å². The number of Topliss-reactive ketones (excluding diaryl/α,β-unsaturated/α-hetero) is 1. The molecule has 1 amide bonds. The smallest absolute Gasteiger partial charge is 0.240 e. The first-order valence-electron chi connectivity index (χ1n) is 9.63. The molecule has 29 heavy (non-hydrogen) atoms. The van der Waals surface area contributed by atoms with Gasteiger partial charge in [0.2, 0.25) is 11.7 Å². The van der Waals surface area contributed by atoms with Crippen molar-refractivity contribution in [1.29, 1.82) is 0 Å². The molecule has 1 saturated heterocycles. The number of rotatable bonds is 4. The minimum atomic E-state index is -0.629. The number of fused-ring (bicyclic) bond motifs is 3. The molecule has 144 valence electrons. The highest BCUT2D eigenvalue weighted by Crippen LogP contribution is 2.53. The Hall–Kier alpha value is -3.60. The van der Waals surface area contributed by atoms with Gasteiger partial charge in [0.1, 0.15) is 6.04 Å². The van der Waals surface area contributed by atoms with Crippen molar-refractivity contribution in [2.75, 3.05) is 0 Å². The molecule has 0 spiro atoms. The second-order valence-corrected chi connectivity index (χ2v) is 7.49. The highest BCUT2D eigenvalue weighted by atomic mass is 16.3. The third-order valence-electron chi connectivity index (χ3n) is 5.99. The summed E-state index contributed by atoms with van der Waals surface area (Å²) >= 11 is 0. The quantitative estimate of drug-likeness (QED) is 0.695. The maximum absolute atomic E-state index is 13.6. The highest BCUT2D eigenvalue weighted by molar-refractivity contribution is 5.98. The molecule has 0 aliphatic carbocycles. The summed E-state index contributed by atoms with van der Waals surface area (Å²) in [6, 6.07) is 20.1. The number of ketones is 1. The van der Waals surface area contributed by atoms with Gasteiger partial charge in [-0.3, -0.25) is 9.59 Å². The van der Waals surface area contributed by atoms with E-state index in [0.29, 0.717) is 5.76 Å². The van der Waals surface area contributed by atoms with E-state index < -0.39 is 17.9 Å². The van der Waals surface area contributed by atoms with Crippen molar-refractivity contribution in [1.82, 2.24) is 4.90 Å². The van der Waals surface area contributed by atoms with Gasteiger partial charge >= 0.3 is 0 Å². The summed E-state index contributed by atoms with van der Waals surface area (Å²) in [7, 11) is 0. The molecular formula is C24H20N2O3. The van der Waals surface area contributed by atoms with Crippen molar-refractivity contribution in [2.45, 2.75) is 18.0 Å². The van der Waals surface area contributed by atoms with Crippen LogP contribution in [0.25, 0.3) is 6.08 Å². The van der Waals surface area contributed by atoms with Gasteiger partial charge in [0.05, 0.1) is 18.2 Å². The molecule has 2 N–H and O–H groups in total. The van der Waals surface area contributed by atoms with E-state index in [-0.39, 0.29) is 17.7 Å². The van der Waals surface area contributed by atoms with Gasteiger partial charge in [0, 0.05) is 12.1 Å². The molecule has 3 heterocycles. The lowest BCUT2D eigenvalue weighted by Gasteiger charge is -2.33. The first kappa shape index (κ1) is 17.5. The number of amides is 1. The van der Waals surface area contributed by atoms with Crippen LogP contribution in [-0.2, 0) is 4.79 Å². The molecule has 0 radical (unpaired) electrons. The molecule has 5 rings (SSSR count). The molecular weight excluding hydrogens is 364 g/mol. The summed E-state index contributed by atoms with van der Waals surface area (Å²) in [5, 5.41) is 0. The van der Waals surface area contributed by atoms with Crippen LogP contribution < -0.4 is 5.73 Å². The third kappa shape index (κ3) is 2.70. The molecule has 2 aliphatic rings. The molecule has 3 aromatic rings. The Kier molecular flexibility index (Phi) is 4.09. The Morgan fingerprint density at radius 3 is 2.41 bits per heavy atom. The molecule has 1 fully saturated rings. The van der Waals surface area contributed by atoms with Crippen LogP contribution in [0, 0.1) is 5.92 Å². The van der Waals surface area contributed by atoms with Crippen LogP contribution in [-0.4, -0.2) is 22.6 Å². The van der Waals surface area contributed by atoms with E-state index >= 15 is 0 Å². The lowest BCUT2D eigenvalue weighted by Crippen LogP contribution is -2.41. The zero-order chi connectivity index (χ0) is 20.0. The minimum absolute atomic E-state index is 0.118. The van der Waals surface area contributed by atoms with Crippen molar-refractivity contribution in [3.63, 3.8) is 0 Å². The van der Waals surface area contributed by atoms with Gasteiger partial charge in [-0.1, -0.05) is 54.6 Å². The second-order valence-electron chi connectivity index (χ2n) is 7.49. The van der Waals surface area contributed by atoms with Gasteiger partial charge < -0.3 is 15.1 Å². The van der Waals surface area contributed by atoms with Crippen LogP contribution >= 0.6 is 0 Å². The number of nitrogens with two attached hydrogens (primary N) is 1. The fourth-order valence-electron chi connectivity index (χ4n) is 4.85. The first-order chi connectivity index (χ1) is 14.2. The normalized spacial score (nSPS) is 24.8. The molecule has 0 saturated carbocycles. The lowest BCUT2D eigenvalue weighted by atomic mass is 9.76. The Bertz CT molecular complexity index is 1090. The predicted octanol–water partition coefficient (Wildman–Crippen LogP) is 3.76. The van der Waals surface area contributed by atoms with Crippen molar-refractivity contribution in [3.8, 4) is 0 Å². The number of carbonyl (C=O) groups excluding carboxylic acids is 2. The standard InChI is InChI=1S/C24H20N2O3/c25-24(28)22-19(16-8-2-1-3-9-16)20(23(27)18-11-6-14-29-18)21-17-10-5-4-7-15(17)12-13-26(21)22/h1-14,19-22H,(H2,25,28). The van der Waals surface area contributed by atoms with Crippen LogP contribution in [0.2, 0.25) is 0 Å². The second kappa shape index (κ2) is 6.78. The topological polar surface area (TPSA) is 76.5 Å². The largest absolute Gasteiger partial charge is 0.461 e. The van der Waals surface area contributed by atoms with Crippen molar-refractivity contribution >= 4 is 17.8 Å². The van der Waals surface area contributed by atoms with E-state index in [1.807, 2.05) is 71.8 Å². The molecule has 4 unspecified atom stereocenters. The SMILES string of the molecule is NC(=O)C1C(c2ccccc2)C(C(=O)c2ccco2)C2c3ccccc3C=CN12. The first-order valence-corrected chi connectivity index (χ1v) is 9.63. The predicted molar refractivity (Wildman–Crippen MR) is 109 cm³/mol. The molecule has 1 aromatic heterocycles. The fourth-order valence-corrected chi connectivity index (χ4v) is 4.85. The molecule has 2 aromatic carbocycles. The number of benzene rings is 2. The van der Waals surface area contributed by atoms with Crippen molar-refractivity contribution < 1.29 is 14.0 Å². The Morgan fingerprint density at radius 1 is 0.931 bits per heavy atom. The third-order valence-corrected chi connectivity index (χ3v) is 5.99. The summed E-state index contributed by atoms with van der Waals surface area (Å²) in [6.45, 7) is 0. The van der Waals surface area contributed by atoms with Gasteiger partial charge in [0.25, 0.3) is 0 Å². The molecule has 0 bridgehead atoms. The number of carbonyl (C=O) groups is 2. The summed E-state index contributed by atoms with van der Waals surface area (Å²) < 4.78 is 5.45. The molecule has 5 nitrogen and oxygen atoms in total. The highest BCUT2D eigenvalue weighted by Gasteiger charge is 2.55. The summed E-state index contributed by atoms with van der Waals surface area (Å²) in [5.41, 5.74) is 8.86. The van der Waals surface area contributed by atoms with E-state index in [1.165, 1.54) is 6.26 Å². The molecule has 4 atom stereocenters. The van der Waals surface area contributed by atoms with Gasteiger partial charge in [-0.05, 0) is 34.9 Å².